The van der Waals surface area contributed by atoms with Gasteiger partial charge in [-0.25, -0.2) is 8.42 Å². The van der Waals surface area contributed by atoms with Gasteiger partial charge in [0, 0.05) is 30.6 Å². The second-order valence-electron chi connectivity index (χ2n) is 12.0. The van der Waals surface area contributed by atoms with Crippen LogP contribution in [-0.4, -0.2) is 53.3 Å². The molecule has 0 radical (unpaired) electrons. The van der Waals surface area contributed by atoms with Gasteiger partial charge in [0.1, 0.15) is 11.6 Å². The van der Waals surface area contributed by atoms with Crippen molar-refractivity contribution in [2.45, 2.75) is 68.3 Å². The highest BCUT2D eigenvalue weighted by Crippen LogP contribution is 2.44. The van der Waals surface area contributed by atoms with Gasteiger partial charge in [-0.2, -0.15) is 5.10 Å². The maximum Gasteiger partial charge on any atom is 0.295 e. The van der Waals surface area contributed by atoms with Gasteiger partial charge in [0.15, 0.2) is 5.82 Å². The normalized spacial score (nSPS) is 17.2. The lowest BCUT2D eigenvalue weighted by molar-refractivity contribution is -0.144. The average Bonchev–Trinajstić information content (AvgIpc) is 3.37. The number of sulfonamides is 1. The van der Waals surface area contributed by atoms with Crippen LogP contribution >= 0.6 is 0 Å². The molecule has 0 unspecified atom stereocenters. The summed E-state index contributed by atoms with van der Waals surface area (Å²) in [7, 11) is -2.12. The zero-order chi connectivity index (χ0) is 31.5. The predicted octanol–water partition coefficient (Wildman–Crippen LogP) is 3.15. The Balaban J connectivity index is 1.27. The van der Waals surface area contributed by atoms with E-state index in [1.807, 2.05) is 0 Å². The van der Waals surface area contributed by atoms with E-state index in [1.165, 1.54) is 41.1 Å². The van der Waals surface area contributed by atoms with Gasteiger partial charge >= 0.3 is 0 Å². The number of hydrogen-bond acceptors (Lipinski definition) is 7. The second kappa shape index (κ2) is 12.2. The molecule has 3 amide bonds. The maximum atomic E-state index is 13.7. The van der Waals surface area contributed by atoms with Crippen LogP contribution in [0.4, 0.5) is 11.5 Å². The van der Waals surface area contributed by atoms with Gasteiger partial charge in [0.25, 0.3) is 21.8 Å². The molecule has 232 valence electrons. The molecule has 2 aromatic carbocycles. The van der Waals surface area contributed by atoms with Crippen molar-refractivity contribution in [3.05, 3.63) is 72.4 Å². The molecular formula is C31H36N6O6S. The van der Waals surface area contributed by atoms with Crippen LogP contribution in [0.15, 0.2) is 71.8 Å². The number of amides is 3. The Bertz CT molecular complexity index is 1660. The summed E-state index contributed by atoms with van der Waals surface area (Å²) in [6, 6.07) is 14.4. The van der Waals surface area contributed by atoms with Gasteiger partial charge in [-0.15, -0.1) is 0 Å². The summed E-state index contributed by atoms with van der Waals surface area (Å²) in [5, 5.41) is 12.2. The highest BCUT2D eigenvalue weighted by Gasteiger charge is 2.49. The smallest absolute Gasteiger partial charge is 0.295 e. The lowest BCUT2D eigenvalue weighted by Crippen LogP contribution is -2.65. The summed E-state index contributed by atoms with van der Waals surface area (Å²) in [4.78, 5) is 53.1. The first-order valence-electron chi connectivity index (χ1n) is 14.5. The number of anilines is 2. The van der Waals surface area contributed by atoms with Gasteiger partial charge < -0.3 is 16.0 Å². The van der Waals surface area contributed by atoms with Crippen LogP contribution < -0.4 is 20.7 Å². The summed E-state index contributed by atoms with van der Waals surface area (Å²) < 4.78 is 29.3. The molecule has 0 saturated heterocycles. The monoisotopic (exact) mass is 620 g/mol. The minimum atomic E-state index is -3.80. The van der Waals surface area contributed by atoms with Crippen molar-refractivity contribution in [1.82, 2.24) is 20.4 Å². The molecule has 5 rings (SSSR count). The van der Waals surface area contributed by atoms with E-state index >= 15 is 0 Å². The largest absolute Gasteiger partial charge is 0.341 e. The number of rotatable bonds is 12. The third-order valence-electron chi connectivity index (χ3n) is 8.50. The highest BCUT2D eigenvalue weighted by molar-refractivity contribution is 7.92. The molecule has 0 aliphatic heterocycles. The van der Waals surface area contributed by atoms with Gasteiger partial charge in [-0.1, -0.05) is 31.5 Å². The fourth-order valence-corrected chi connectivity index (χ4v) is 6.65. The number of nitrogens with one attached hydrogen (secondary N) is 4. The third-order valence-corrected chi connectivity index (χ3v) is 9.90. The minimum absolute atomic E-state index is 0.108. The fraction of sp³-hybridized carbons (Fsp3) is 0.387. The third kappa shape index (κ3) is 6.83. The van der Waals surface area contributed by atoms with Gasteiger partial charge in [-0.05, 0) is 80.3 Å². The van der Waals surface area contributed by atoms with Crippen molar-refractivity contribution in [3.8, 4) is 0 Å². The summed E-state index contributed by atoms with van der Waals surface area (Å²) in [5.41, 5.74) is -0.997. The van der Waals surface area contributed by atoms with Crippen LogP contribution in [0.5, 0.6) is 0 Å². The predicted molar refractivity (Wildman–Crippen MR) is 163 cm³/mol. The van der Waals surface area contributed by atoms with Crippen LogP contribution in [0.1, 0.15) is 62.2 Å². The van der Waals surface area contributed by atoms with E-state index in [1.54, 1.807) is 37.5 Å². The molecule has 3 aromatic rings. The number of Topliss-reactive ketones (excluding diaryl/α,β-unsaturated/α-hetero) is 1. The number of aromatic nitrogens is 2. The van der Waals surface area contributed by atoms with Crippen molar-refractivity contribution in [2.24, 2.45) is 12.5 Å². The fourth-order valence-electron chi connectivity index (χ4n) is 5.57. The molecule has 2 aliphatic rings. The Morgan fingerprint density at radius 2 is 1.59 bits per heavy atom. The number of benzene rings is 2. The molecule has 1 heterocycles. The maximum absolute atomic E-state index is 13.7. The number of nitrogens with zero attached hydrogens (tertiary/aromatic N) is 2. The molecular weight excluding hydrogens is 584 g/mol. The Morgan fingerprint density at radius 1 is 0.932 bits per heavy atom. The number of hydrogen-bond donors (Lipinski definition) is 4. The van der Waals surface area contributed by atoms with Gasteiger partial charge in [0.2, 0.25) is 11.7 Å². The Labute approximate surface area is 256 Å². The van der Waals surface area contributed by atoms with Crippen molar-refractivity contribution in [3.63, 3.8) is 0 Å². The number of ketones is 1. The average molecular weight is 621 g/mol. The number of aryl methyl sites for hydroxylation is 1. The zero-order valence-corrected chi connectivity index (χ0v) is 25.4. The topological polar surface area (TPSA) is 168 Å². The zero-order valence-electron chi connectivity index (χ0n) is 24.6. The molecule has 0 bridgehead atoms. The summed E-state index contributed by atoms with van der Waals surface area (Å²) >= 11 is 0. The van der Waals surface area contributed by atoms with Crippen molar-refractivity contribution < 1.29 is 27.6 Å². The van der Waals surface area contributed by atoms with Crippen LogP contribution in [0, 0.1) is 5.41 Å². The second-order valence-corrected chi connectivity index (χ2v) is 13.7. The molecule has 2 saturated carbocycles. The van der Waals surface area contributed by atoms with Crippen LogP contribution in [-0.2, 0) is 31.5 Å². The summed E-state index contributed by atoms with van der Waals surface area (Å²) in [6.07, 6.45) is 6.11. The van der Waals surface area contributed by atoms with Gasteiger partial charge in [-0.3, -0.25) is 28.6 Å². The van der Waals surface area contributed by atoms with E-state index in [2.05, 4.69) is 32.7 Å². The SMILES string of the molecule is Cn1ccc(NC(=O)C(=O)C2(NC(=O)[C@H](CC3(C)CCC3)NC(=O)c3ccc(NS(=O)(=O)c4ccccc4)cc3)CCC2)n1. The van der Waals surface area contributed by atoms with Gasteiger partial charge in [0.05, 0.1) is 4.90 Å². The first-order chi connectivity index (χ1) is 20.9. The molecule has 2 fully saturated rings. The molecule has 1 aromatic heterocycles. The quantitative estimate of drug-likeness (QED) is 0.226. The number of carbonyl (C=O) groups excluding carboxylic acids is 4. The summed E-state index contributed by atoms with van der Waals surface area (Å²) in [5.74, 6) is -2.44. The molecule has 0 spiro atoms. The molecule has 1 atom stereocenters. The molecule has 4 N–H and O–H groups in total. The highest BCUT2D eigenvalue weighted by atomic mass is 32.2. The van der Waals surface area contributed by atoms with E-state index in [-0.39, 0.29) is 27.4 Å². The first-order valence-corrected chi connectivity index (χ1v) is 16.0. The van der Waals surface area contributed by atoms with Crippen LogP contribution in [0.2, 0.25) is 0 Å². The van der Waals surface area contributed by atoms with E-state index in [4.69, 9.17) is 0 Å². The van der Waals surface area contributed by atoms with E-state index < -0.39 is 45.1 Å². The molecule has 13 heteroatoms. The Kier molecular flexibility index (Phi) is 8.60. The first kappa shape index (κ1) is 30.9. The van der Waals surface area contributed by atoms with E-state index in [9.17, 15) is 27.6 Å². The van der Waals surface area contributed by atoms with Crippen molar-refractivity contribution >= 4 is 45.0 Å². The Hall–Kier alpha value is -4.52. The van der Waals surface area contributed by atoms with Crippen LogP contribution in [0.25, 0.3) is 0 Å². The molecule has 2 aliphatic carbocycles. The summed E-state index contributed by atoms with van der Waals surface area (Å²) in [6.45, 7) is 2.06. The van der Waals surface area contributed by atoms with Crippen molar-refractivity contribution in [1.29, 1.82) is 0 Å². The van der Waals surface area contributed by atoms with E-state index in [0.717, 1.165) is 19.3 Å². The lowest BCUT2D eigenvalue weighted by atomic mass is 9.66. The van der Waals surface area contributed by atoms with E-state index in [0.29, 0.717) is 25.7 Å². The standard InChI is InChI=1S/C31H36N6O6S/c1-30(15-6-16-30)20-24(28(40)34-31(17-7-18-31)26(38)29(41)33-25-14-19-37(2)35-25)32-27(39)21-10-12-22(13-11-21)36-44(42,43)23-8-4-3-5-9-23/h3-5,8-14,19,24,36H,6-7,15-18,20H2,1-2H3,(H,32,39)(H,34,40)(H,33,35,41)/t24-/m0/s1. The molecule has 12 nitrogen and oxygen atoms in total. The lowest BCUT2D eigenvalue weighted by Gasteiger charge is -2.43. The number of carbonyl (C=O) groups is 4. The molecule has 44 heavy (non-hydrogen) atoms. The van der Waals surface area contributed by atoms with Crippen molar-refractivity contribution in [2.75, 3.05) is 10.0 Å². The van der Waals surface area contributed by atoms with Crippen LogP contribution in [0.3, 0.4) is 0 Å². The minimum Gasteiger partial charge on any atom is -0.341 e. The Morgan fingerprint density at radius 3 is 2.14 bits per heavy atom.